The number of aliphatic hydroxyl groups is 1. The molecular formula is C9H14O. The molecule has 0 saturated heterocycles. The van der Waals surface area contributed by atoms with E-state index in [9.17, 15) is 5.11 Å². The highest BCUT2D eigenvalue weighted by Gasteiger charge is 2.43. The fraction of sp³-hybridized carbons (Fsp3) is 0.778. The average molecular weight is 138 g/mol. The van der Waals surface area contributed by atoms with E-state index in [1.165, 1.54) is 12.8 Å². The molecule has 0 aromatic carbocycles. The van der Waals surface area contributed by atoms with Gasteiger partial charge in [-0.3, -0.25) is 0 Å². The first kappa shape index (κ1) is 7.63. The predicted octanol–water partition coefficient (Wildman–Crippen LogP) is 1.56. The fourth-order valence-electron chi connectivity index (χ4n) is 1.10. The minimum atomic E-state index is -0.163. The lowest BCUT2D eigenvalue weighted by Gasteiger charge is -2.15. The van der Waals surface area contributed by atoms with Gasteiger partial charge in [-0.25, -0.2) is 0 Å². The van der Waals surface area contributed by atoms with Crippen LogP contribution in [0.2, 0.25) is 0 Å². The molecule has 0 aromatic heterocycles. The molecular weight excluding hydrogens is 124 g/mol. The largest absolute Gasteiger partial charge is 0.393 e. The predicted molar refractivity (Wildman–Crippen MR) is 41.4 cm³/mol. The van der Waals surface area contributed by atoms with Gasteiger partial charge in [0.1, 0.15) is 0 Å². The van der Waals surface area contributed by atoms with Crippen LogP contribution in [0.15, 0.2) is 0 Å². The van der Waals surface area contributed by atoms with E-state index in [1.54, 1.807) is 0 Å². The van der Waals surface area contributed by atoms with Gasteiger partial charge in [-0.15, -0.1) is 12.3 Å². The van der Waals surface area contributed by atoms with Gasteiger partial charge in [0.05, 0.1) is 6.10 Å². The SMILES string of the molecule is C#CCCC(O)C1(C)CC1. The first-order valence-electron chi connectivity index (χ1n) is 3.80. The fourth-order valence-corrected chi connectivity index (χ4v) is 1.10. The first-order chi connectivity index (χ1) is 4.69. The van der Waals surface area contributed by atoms with Crippen LogP contribution in [-0.2, 0) is 0 Å². The van der Waals surface area contributed by atoms with Gasteiger partial charge >= 0.3 is 0 Å². The third kappa shape index (κ3) is 1.52. The highest BCUT2D eigenvalue weighted by Crippen LogP contribution is 2.49. The smallest absolute Gasteiger partial charge is 0.0602 e. The molecule has 1 atom stereocenters. The summed E-state index contributed by atoms with van der Waals surface area (Å²) in [5.74, 6) is 2.54. The summed E-state index contributed by atoms with van der Waals surface area (Å²) >= 11 is 0. The van der Waals surface area contributed by atoms with Crippen molar-refractivity contribution < 1.29 is 5.11 Å². The minimum absolute atomic E-state index is 0.163. The maximum atomic E-state index is 9.48. The first-order valence-corrected chi connectivity index (χ1v) is 3.80. The Kier molecular flexibility index (Phi) is 2.01. The van der Waals surface area contributed by atoms with Gasteiger partial charge in [-0.1, -0.05) is 6.92 Å². The molecule has 1 aliphatic rings. The number of terminal acetylenes is 1. The molecule has 0 bridgehead atoms. The van der Waals surface area contributed by atoms with Crippen LogP contribution in [0.25, 0.3) is 0 Å². The van der Waals surface area contributed by atoms with Crippen molar-refractivity contribution in [2.45, 2.75) is 38.7 Å². The molecule has 0 amide bonds. The maximum Gasteiger partial charge on any atom is 0.0602 e. The Hall–Kier alpha value is -0.480. The summed E-state index contributed by atoms with van der Waals surface area (Å²) in [7, 11) is 0. The molecule has 0 radical (unpaired) electrons. The second-order valence-electron chi connectivity index (χ2n) is 3.41. The molecule has 0 aliphatic heterocycles. The third-order valence-electron chi connectivity index (χ3n) is 2.41. The zero-order chi connectivity index (χ0) is 7.61. The van der Waals surface area contributed by atoms with E-state index in [1.807, 2.05) is 0 Å². The van der Waals surface area contributed by atoms with Crippen molar-refractivity contribution in [2.24, 2.45) is 5.41 Å². The van der Waals surface area contributed by atoms with Crippen LogP contribution in [0.5, 0.6) is 0 Å². The van der Waals surface area contributed by atoms with Crippen LogP contribution in [0.1, 0.15) is 32.6 Å². The topological polar surface area (TPSA) is 20.2 Å². The summed E-state index contributed by atoms with van der Waals surface area (Å²) in [6.07, 6.45) is 8.72. The van der Waals surface area contributed by atoms with E-state index in [0.29, 0.717) is 6.42 Å². The van der Waals surface area contributed by atoms with E-state index in [2.05, 4.69) is 12.8 Å². The summed E-state index contributed by atoms with van der Waals surface area (Å²) in [4.78, 5) is 0. The van der Waals surface area contributed by atoms with Crippen molar-refractivity contribution in [3.05, 3.63) is 0 Å². The lowest BCUT2D eigenvalue weighted by Crippen LogP contribution is -2.17. The van der Waals surface area contributed by atoms with Gasteiger partial charge in [0.15, 0.2) is 0 Å². The minimum Gasteiger partial charge on any atom is -0.393 e. The molecule has 0 heterocycles. The van der Waals surface area contributed by atoms with Gasteiger partial charge in [-0.05, 0) is 24.7 Å². The summed E-state index contributed by atoms with van der Waals surface area (Å²) in [6, 6.07) is 0. The lowest BCUT2D eigenvalue weighted by atomic mass is 9.98. The Bertz CT molecular complexity index is 151. The van der Waals surface area contributed by atoms with Crippen LogP contribution < -0.4 is 0 Å². The van der Waals surface area contributed by atoms with Crippen molar-refractivity contribution in [3.8, 4) is 12.3 Å². The Morgan fingerprint density at radius 3 is 2.70 bits per heavy atom. The highest BCUT2D eigenvalue weighted by atomic mass is 16.3. The zero-order valence-corrected chi connectivity index (χ0v) is 6.43. The Balaban J connectivity index is 2.23. The summed E-state index contributed by atoms with van der Waals surface area (Å²) in [6.45, 7) is 2.12. The van der Waals surface area contributed by atoms with Crippen LogP contribution in [0.4, 0.5) is 0 Å². The molecule has 1 unspecified atom stereocenters. The van der Waals surface area contributed by atoms with Gasteiger partial charge < -0.3 is 5.11 Å². The molecule has 1 nitrogen and oxygen atoms in total. The van der Waals surface area contributed by atoms with E-state index in [0.717, 1.165) is 6.42 Å². The molecule has 1 rings (SSSR count). The van der Waals surface area contributed by atoms with Crippen LogP contribution >= 0.6 is 0 Å². The number of aliphatic hydroxyl groups excluding tert-OH is 1. The summed E-state index contributed by atoms with van der Waals surface area (Å²) in [5, 5.41) is 9.48. The molecule has 0 spiro atoms. The molecule has 10 heavy (non-hydrogen) atoms. The molecule has 1 saturated carbocycles. The lowest BCUT2D eigenvalue weighted by molar-refractivity contribution is 0.0958. The van der Waals surface area contributed by atoms with Crippen molar-refractivity contribution >= 4 is 0 Å². The van der Waals surface area contributed by atoms with Crippen molar-refractivity contribution in [1.82, 2.24) is 0 Å². The van der Waals surface area contributed by atoms with Gasteiger partial charge in [0, 0.05) is 6.42 Å². The molecule has 1 fully saturated rings. The second kappa shape index (κ2) is 2.64. The van der Waals surface area contributed by atoms with Crippen LogP contribution in [-0.4, -0.2) is 11.2 Å². The van der Waals surface area contributed by atoms with Crippen molar-refractivity contribution in [1.29, 1.82) is 0 Å². The quantitative estimate of drug-likeness (QED) is 0.587. The molecule has 1 heteroatoms. The third-order valence-corrected chi connectivity index (χ3v) is 2.41. The van der Waals surface area contributed by atoms with Gasteiger partial charge in [0.25, 0.3) is 0 Å². The monoisotopic (exact) mass is 138 g/mol. The Labute approximate surface area is 62.4 Å². The van der Waals surface area contributed by atoms with E-state index in [4.69, 9.17) is 6.42 Å². The van der Waals surface area contributed by atoms with Crippen molar-refractivity contribution in [2.75, 3.05) is 0 Å². The molecule has 0 aromatic rings. The van der Waals surface area contributed by atoms with E-state index < -0.39 is 0 Å². The second-order valence-corrected chi connectivity index (χ2v) is 3.41. The number of rotatable bonds is 3. The number of hydrogen-bond donors (Lipinski definition) is 1. The zero-order valence-electron chi connectivity index (χ0n) is 6.43. The number of hydrogen-bond acceptors (Lipinski definition) is 1. The Morgan fingerprint density at radius 2 is 2.30 bits per heavy atom. The molecule has 1 N–H and O–H groups in total. The standard InChI is InChI=1S/C9H14O/c1-3-4-5-8(10)9(2)6-7-9/h1,8,10H,4-7H2,2H3. The van der Waals surface area contributed by atoms with Gasteiger partial charge in [-0.2, -0.15) is 0 Å². The summed E-state index contributed by atoms with van der Waals surface area (Å²) in [5.41, 5.74) is 0.219. The molecule has 1 aliphatic carbocycles. The van der Waals surface area contributed by atoms with E-state index >= 15 is 0 Å². The average Bonchev–Trinajstić information content (AvgIpc) is 2.64. The van der Waals surface area contributed by atoms with Gasteiger partial charge in [0.2, 0.25) is 0 Å². The van der Waals surface area contributed by atoms with Crippen LogP contribution in [0.3, 0.4) is 0 Å². The van der Waals surface area contributed by atoms with Crippen molar-refractivity contribution in [3.63, 3.8) is 0 Å². The van der Waals surface area contributed by atoms with Crippen LogP contribution in [0, 0.1) is 17.8 Å². The normalized spacial score (nSPS) is 23.3. The Morgan fingerprint density at radius 1 is 1.70 bits per heavy atom. The molecule has 56 valence electrons. The summed E-state index contributed by atoms with van der Waals surface area (Å²) < 4.78 is 0. The van der Waals surface area contributed by atoms with E-state index in [-0.39, 0.29) is 11.5 Å². The maximum absolute atomic E-state index is 9.48. The highest BCUT2D eigenvalue weighted by molar-refractivity contribution is 4.96.